The average molecular weight is 348 g/mol. The first kappa shape index (κ1) is 18.9. The van der Waals surface area contributed by atoms with Gasteiger partial charge in [-0.1, -0.05) is 13.8 Å². The molecule has 0 fully saturated rings. The van der Waals surface area contributed by atoms with Crippen molar-refractivity contribution in [2.24, 2.45) is 11.1 Å². The molecule has 2 rings (SSSR count). The van der Waals surface area contributed by atoms with Crippen LogP contribution in [0.25, 0.3) is 0 Å². The number of hydrogen-bond acceptors (Lipinski definition) is 3. The number of amides is 1. The molecule has 0 bridgehead atoms. The molecule has 25 heavy (non-hydrogen) atoms. The van der Waals surface area contributed by atoms with Crippen molar-refractivity contribution in [2.75, 3.05) is 20.1 Å². The first-order chi connectivity index (χ1) is 11.7. The first-order valence-electron chi connectivity index (χ1n) is 7.90. The van der Waals surface area contributed by atoms with E-state index in [1.54, 1.807) is 36.2 Å². The molecule has 0 aliphatic rings. The predicted octanol–water partition coefficient (Wildman–Crippen LogP) is 3.81. The van der Waals surface area contributed by atoms with Crippen molar-refractivity contribution in [1.82, 2.24) is 4.90 Å². The van der Waals surface area contributed by atoms with Crippen LogP contribution in [-0.2, 0) is 0 Å². The van der Waals surface area contributed by atoms with Crippen molar-refractivity contribution in [2.45, 2.75) is 13.8 Å². The molecule has 0 radical (unpaired) electrons. The van der Waals surface area contributed by atoms with Crippen LogP contribution < -0.4 is 10.5 Å². The van der Waals surface area contributed by atoms with Crippen LogP contribution in [0.15, 0.2) is 42.5 Å². The van der Waals surface area contributed by atoms with Gasteiger partial charge in [-0.3, -0.25) is 4.79 Å². The number of halogens is 2. The summed E-state index contributed by atoms with van der Waals surface area (Å²) >= 11 is 0. The number of carbonyl (C=O) groups is 1. The van der Waals surface area contributed by atoms with E-state index in [0.717, 1.165) is 12.1 Å². The molecule has 6 heteroatoms. The fourth-order valence-corrected chi connectivity index (χ4v) is 2.34. The summed E-state index contributed by atoms with van der Waals surface area (Å²) in [6.07, 6.45) is 0. The lowest BCUT2D eigenvalue weighted by atomic mass is 9.93. The molecule has 1 amide bonds. The Labute approximate surface area is 146 Å². The van der Waals surface area contributed by atoms with Gasteiger partial charge in [0.1, 0.15) is 11.5 Å². The van der Waals surface area contributed by atoms with Gasteiger partial charge in [-0.2, -0.15) is 0 Å². The summed E-state index contributed by atoms with van der Waals surface area (Å²) in [5, 5.41) is 0. The molecule has 4 nitrogen and oxygen atoms in total. The maximum absolute atomic E-state index is 13.2. The molecule has 2 aromatic rings. The van der Waals surface area contributed by atoms with E-state index in [9.17, 15) is 13.6 Å². The first-order valence-corrected chi connectivity index (χ1v) is 7.90. The predicted molar refractivity (Wildman–Crippen MR) is 92.7 cm³/mol. The lowest BCUT2D eigenvalue weighted by molar-refractivity contribution is 0.0740. The highest BCUT2D eigenvalue weighted by Gasteiger charge is 2.21. The van der Waals surface area contributed by atoms with E-state index in [1.165, 1.54) is 6.07 Å². The summed E-state index contributed by atoms with van der Waals surface area (Å²) in [5.74, 6) is -1.43. The zero-order chi connectivity index (χ0) is 18.6. The fourth-order valence-electron chi connectivity index (χ4n) is 2.34. The smallest absolute Gasteiger partial charge is 0.253 e. The summed E-state index contributed by atoms with van der Waals surface area (Å²) in [4.78, 5) is 14.1. The summed E-state index contributed by atoms with van der Waals surface area (Å²) in [6, 6.07) is 9.77. The third-order valence-corrected chi connectivity index (χ3v) is 3.79. The average Bonchev–Trinajstić information content (AvgIpc) is 2.58. The zero-order valence-electron chi connectivity index (χ0n) is 14.6. The molecule has 0 heterocycles. The third kappa shape index (κ3) is 5.00. The SMILES string of the molecule is CN(CC(C)(C)CN)C(=O)c1ccc(Oc2ccc(F)c(F)c2)cc1. The normalized spacial score (nSPS) is 11.3. The standard InChI is InChI=1S/C19H22F2N2O2/c1-19(2,11-22)12-23(3)18(24)13-4-6-14(7-5-13)25-15-8-9-16(20)17(21)10-15/h4-10H,11-12,22H2,1-3H3. The van der Waals surface area contributed by atoms with E-state index in [4.69, 9.17) is 10.5 Å². The summed E-state index contributed by atoms with van der Waals surface area (Å²) in [7, 11) is 1.73. The molecule has 0 saturated carbocycles. The highest BCUT2D eigenvalue weighted by molar-refractivity contribution is 5.94. The Kier molecular flexibility index (Phi) is 5.74. The molecule has 0 atom stereocenters. The van der Waals surface area contributed by atoms with Crippen LogP contribution >= 0.6 is 0 Å². The van der Waals surface area contributed by atoms with Crippen LogP contribution in [0.4, 0.5) is 8.78 Å². The van der Waals surface area contributed by atoms with Crippen LogP contribution in [0.5, 0.6) is 11.5 Å². The molecule has 0 unspecified atom stereocenters. The molecule has 0 aromatic heterocycles. The Morgan fingerprint density at radius 3 is 2.24 bits per heavy atom. The van der Waals surface area contributed by atoms with Gasteiger partial charge in [-0.05, 0) is 48.4 Å². The zero-order valence-corrected chi connectivity index (χ0v) is 14.6. The highest BCUT2D eigenvalue weighted by atomic mass is 19.2. The highest BCUT2D eigenvalue weighted by Crippen LogP contribution is 2.24. The second-order valence-corrected chi connectivity index (χ2v) is 6.73. The number of benzene rings is 2. The summed E-state index contributed by atoms with van der Waals surface area (Å²) in [5.41, 5.74) is 6.04. The van der Waals surface area contributed by atoms with Crippen molar-refractivity contribution >= 4 is 5.91 Å². The Morgan fingerprint density at radius 2 is 1.68 bits per heavy atom. The van der Waals surface area contributed by atoms with Gasteiger partial charge in [-0.15, -0.1) is 0 Å². The van der Waals surface area contributed by atoms with Gasteiger partial charge in [0.25, 0.3) is 5.91 Å². The van der Waals surface area contributed by atoms with Crippen LogP contribution in [0, 0.1) is 17.0 Å². The van der Waals surface area contributed by atoms with Gasteiger partial charge < -0.3 is 15.4 Å². The lowest BCUT2D eigenvalue weighted by Gasteiger charge is -2.29. The van der Waals surface area contributed by atoms with Gasteiger partial charge in [0, 0.05) is 25.2 Å². The minimum atomic E-state index is -0.978. The van der Waals surface area contributed by atoms with E-state index < -0.39 is 11.6 Å². The van der Waals surface area contributed by atoms with Gasteiger partial charge in [-0.25, -0.2) is 8.78 Å². The van der Waals surface area contributed by atoms with Crippen LogP contribution in [-0.4, -0.2) is 30.9 Å². The minimum absolute atomic E-state index is 0.124. The summed E-state index contributed by atoms with van der Waals surface area (Å²) in [6.45, 7) is 5.01. The number of nitrogens with two attached hydrogens (primary N) is 1. The number of carbonyl (C=O) groups excluding carboxylic acids is 1. The molecular weight excluding hydrogens is 326 g/mol. The maximum atomic E-state index is 13.2. The van der Waals surface area contributed by atoms with E-state index in [1.807, 2.05) is 13.8 Å². The molecule has 2 N–H and O–H groups in total. The van der Waals surface area contributed by atoms with E-state index in [-0.39, 0.29) is 17.1 Å². The van der Waals surface area contributed by atoms with Crippen molar-refractivity contribution in [3.63, 3.8) is 0 Å². The largest absolute Gasteiger partial charge is 0.457 e. The Hall–Kier alpha value is -2.47. The Balaban J connectivity index is 2.06. The molecule has 0 aliphatic heterocycles. The molecule has 134 valence electrons. The van der Waals surface area contributed by atoms with Crippen LogP contribution in [0.3, 0.4) is 0 Å². The molecule has 2 aromatic carbocycles. The lowest BCUT2D eigenvalue weighted by Crippen LogP contribution is -2.39. The molecular formula is C19H22F2N2O2. The quantitative estimate of drug-likeness (QED) is 0.863. The maximum Gasteiger partial charge on any atom is 0.253 e. The third-order valence-electron chi connectivity index (χ3n) is 3.79. The number of rotatable bonds is 6. The van der Waals surface area contributed by atoms with Crippen molar-refractivity contribution in [3.05, 3.63) is 59.7 Å². The topological polar surface area (TPSA) is 55.6 Å². The number of ether oxygens (including phenoxy) is 1. The van der Waals surface area contributed by atoms with E-state index >= 15 is 0 Å². The number of hydrogen-bond donors (Lipinski definition) is 1. The van der Waals surface area contributed by atoms with Crippen molar-refractivity contribution < 1.29 is 18.3 Å². The Morgan fingerprint density at radius 1 is 1.08 bits per heavy atom. The van der Waals surface area contributed by atoms with Crippen LogP contribution in [0.2, 0.25) is 0 Å². The monoisotopic (exact) mass is 348 g/mol. The van der Waals surface area contributed by atoms with E-state index in [2.05, 4.69) is 0 Å². The molecule has 0 saturated heterocycles. The second-order valence-electron chi connectivity index (χ2n) is 6.73. The van der Waals surface area contributed by atoms with Crippen molar-refractivity contribution in [1.29, 1.82) is 0 Å². The fraction of sp³-hybridized carbons (Fsp3) is 0.316. The number of nitrogens with zero attached hydrogens (tertiary/aromatic N) is 1. The summed E-state index contributed by atoms with van der Waals surface area (Å²) < 4.78 is 31.6. The van der Waals surface area contributed by atoms with E-state index in [0.29, 0.717) is 24.4 Å². The van der Waals surface area contributed by atoms with Gasteiger partial charge in [0.15, 0.2) is 11.6 Å². The van der Waals surface area contributed by atoms with Gasteiger partial charge in [0.05, 0.1) is 0 Å². The minimum Gasteiger partial charge on any atom is -0.457 e. The van der Waals surface area contributed by atoms with Crippen LogP contribution in [0.1, 0.15) is 24.2 Å². The molecule has 0 spiro atoms. The second kappa shape index (κ2) is 7.61. The Bertz CT molecular complexity index is 746. The van der Waals surface area contributed by atoms with Crippen molar-refractivity contribution in [3.8, 4) is 11.5 Å². The molecule has 0 aliphatic carbocycles. The van der Waals surface area contributed by atoms with Gasteiger partial charge in [0.2, 0.25) is 0 Å². The van der Waals surface area contributed by atoms with Gasteiger partial charge >= 0.3 is 0 Å².